The summed E-state index contributed by atoms with van der Waals surface area (Å²) in [5, 5.41) is 10.1. The number of nitrogens with one attached hydrogen (secondary N) is 3. The Hall–Kier alpha value is -2.61. The molecule has 7 nitrogen and oxygen atoms in total. The number of rotatable bonds is 4. The average molecular weight is 318 g/mol. The van der Waals surface area contributed by atoms with Crippen LogP contribution in [0.1, 0.15) is 0 Å². The maximum absolute atomic E-state index is 12.0. The number of ether oxygens (including phenoxy) is 1. The van der Waals surface area contributed by atoms with Gasteiger partial charge < -0.3 is 20.7 Å². The molecule has 2 heterocycles. The molecule has 1 aliphatic heterocycles. The maximum atomic E-state index is 12.0. The normalized spacial score (nSPS) is 16.8. The van der Waals surface area contributed by atoms with Gasteiger partial charge in [0.1, 0.15) is 11.8 Å². The van der Waals surface area contributed by atoms with Crippen LogP contribution in [0.15, 0.2) is 29.6 Å². The van der Waals surface area contributed by atoms with Crippen LogP contribution in [0.3, 0.4) is 0 Å². The highest BCUT2D eigenvalue weighted by molar-refractivity contribution is 7.14. The minimum Gasteiger partial charge on any atom is -0.496 e. The second-order valence-electron chi connectivity index (χ2n) is 4.63. The molecular weight excluding hydrogens is 304 g/mol. The fourth-order valence-electron chi connectivity index (χ4n) is 2.12. The maximum Gasteiger partial charge on any atom is 0.315 e. The number of methoxy groups -OCH3 is 1. The summed E-state index contributed by atoms with van der Waals surface area (Å²) in [6, 6.07) is 6.62. The molecule has 0 spiro atoms. The zero-order valence-electron chi connectivity index (χ0n) is 11.8. The van der Waals surface area contributed by atoms with Crippen LogP contribution in [0.5, 0.6) is 5.75 Å². The van der Waals surface area contributed by atoms with Gasteiger partial charge in [0.15, 0.2) is 5.13 Å². The molecule has 0 bridgehead atoms. The largest absolute Gasteiger partial charge is 0.496 e. The highest BCUT2D eigenvalue weighted by Crippen LogP contribution is 2.31. The zero-order valence-corrected chi connectivity index (χ0v) is 12.6. The number of benzene rings is 1. The monoisotopic (exact) mass is 318 g/mol. The first-order valence-electron chi connectivity index (χ1n) is 6.61. The first kappa shape index (κ1) is 14.3. The van der Waals surface area contributed by atoms with E-state index in [1.165, 1.54) is 11.3 Å². The third-order valence-corrected chi connectivity index (χ3v) is 3.96. The van der Waals surface area contributed by atoms with Gasteiger partial charge in [-0.2, -0.15) is 0 Å². The predicted molar refractivity (Wildman–Crippen MR) is 83.1 cm³/mol. The van der Waals surface area contributed by atoms with E-state index in [9.17, 15) is 9.59 Å². The van der Waals surface area contributed by atoms with Gasteiger partial charge in [0.05, 0.1) is 12.8 Å². The lowest BCUT2D eigenvalue weighted by Gasteiger charge is -2.07. The molecule has 3 rings (SSSR count). The summed E-state index contributed by atoms with van der Waals surface area (Å²) in [5.74, 6) is 0.428. The Morgan fingerprint density at radius 3 is 3.00 bits per heavy atom. The smallest absolute Gasteiger partial charge is 0.315 e. The van der Waals surface area contributed by atoms with E-state index < -0.39 is 6.04 Å². The van der Waals surface area contributed by atoms with Crippen molar-refractivity contribution >= 4 is 28.4 Å². The van der Waals surface area contributed by atoms with Crippen LogP contribution in [-0.4, -0.2) is 36.6 Å². The van der Waals surface area contributed by atoms with Crippen molar-refractivity contribution < 1.29 is 14.3 Å². The van der Waals surface area contributed by atoms with E-state index in [4.69, 9.17) is 4.74 Å². The quantitative estimate of drug-likeness (QED) is 0.795. The lowest BCUT2D eigenvalue weighted by molar-refractivity contribution is -0.117. The first-order chi connectivity index (χ1) is 10.7. The van der Waals surface area contributed by atoms with E-state index in [0.717, 1.165) is 17.0 Å². The minimum absolute atomic E-state index is 0.273. The molecule has 8 heteroatoms. The molecule has 1 saturated heterocycles. The predicted octanol–water partition coefficient (Wildman–Crippen LogP) is 1.44. The average Bonchev–Trinajstić information content (AvgIpc) is 3.16. The summed E-state index contributed by atoms with van der Waals surface area (Å²) >= 11 is 1.32. The van der Waals surface area contributed by atoms with Gasteiger partial charge in [0, 0.05) is 17.5 Å². The van der Waals surface area contributed by atoms with E-state index in [2.05, 4.69) is 20.9 Å². The summed E-state index contributed by atoms with van der Waals surface area (Å²) in [7, 11) is 1.60. The summed E-state index contributed by atoms with van der Waals surface area (Å²) in [4.78, 5) is 27.4. The number of urea groups is 1. The zero-order chi connectivity index (χ0) is 15.5. The fourth-order valence-corrected chi connectivity index (χ4v) is 2.83. The number of anilines is 1. The first-order valence-corrected chi connectivity index (χ1v) is 7.49. The van der Waals surface area contributed by atoms with Crippen LogP contribution in [0.2, 0.25) is 0 Å². The number of carbonyl (C=O) groups is 2. The number of thiazole rings is 1. The Balaban J connectivity index is 1.74. The number of hydrogen-bond donors (Lipinski definition) is 3. The van der Waals surface area contributed by atoms with Gasteiger partial charge in [-0.05, 0) is 12.1 Å². The number of nitrogens with zero attached hydrogens (tertiary/aromatic N) is 1. The van der Waals surface area contributed by atoms with Crippen molar-refractivity contribution in [2.24, 2.45) is 0 Å². The number of carbonyl (C=O) groups excluding carboxylic acids is 2. The van der Waals surface area contributed by atoms with Gasteiger partial charge in [-0.1, -0.05) is 12.1 Å². The van der Waals surface area contributed by atoms with Crippen molar-refractivity contribution in [2.75, 3.05) is 19.0 Å². The van der Waals surface area contributed by atoms with Crippen LogP contribution in [0.4, 0.5) is 9.93 Å². The van der Waals surface area contributed by atoms with Gasteiger partial charge in [0.2, 0.25) is 0 Å². The molecule has 1 fully saturated rings. The van der Waals surface area contributed by atoms with Crippen molar-refractivity contribution in [3.8, 4) is 17.0 Å². The van der Waals surface area contributed by atoms with Crippen LogP contribution in [-0.2, 0) is 4.79 Å². The highest BCUT2D eigenvalue weighted by Gasteiger charge is 2.27. The van der Waals surface area contributed by atoms with Crippen molar-refractivity contribution in [2.45, 2.75) is 6.04 Å². The Kier molecular flexibility index (Phi) is 3.92. The van der Waals surface area contributed by atoms with Gasteiger partial charge in [-0.15, -0.1) is 11.3 Å². The Morgan fingerprint density at radius 1 is 1.45 bits per heavy atom. The SMILES string of the molecule is COc1ccccc1-c1csc(NC(=O)[C@@H]2CNC(=O)N2)n1. The number of aromatic nitrogens is 1. The van der Waals surface area contributed by atoms with Gasteiger partial charge in [-0.3, -0.25) is 4.79 Å². The fraction of sp³-hybridized carbons (Fsp3) is 0.214. The Labute approximate surface area is 130 Å². The molecule has 3 amide bonds. The molecule has 114 valence electrons. The number of para-hydroxylation sites is 1. The van der Waals surface area contributed by atoms with Gasteiger partial charge in [-0.25, -0.2) is 9.78 Å². The summed E-state index contributed by atoms with van der Waals surface area (Å²) in [6.45, 7) is 0.273. The second-order valence-corrected chi connectivity index (χ2v) is 5.49. The van der Waals surface area contributed by atoms with Gasteiger partial charge >= 0.3 is 6.03 Å². The third-order valence-electron chi connectivity index (χ3n) is 3.21. The molecule has 1 atom stereocenters. The molecule has 0 aliphatic carbocycles. The Morgan fingerprint density at radius 2 is 2.27 bits per heavy atom. The highest BCUT2D eigenvalue weighted by atomic mass is 32.1. The van der Waals surface area contributed by atoms with Crippen LogP contribution in [0, 0.1) is 0 Å². The van der Waals surface area contributed by atoms with E-state index in [1.54, 1.807) is 7.11 Å². The molecule has 0 saturated carbocycles. The lowest BCUT2D eigenvalue weighted by atomic mass is 10.1. The topological polar surface area (TPSA) is 92.4 Å². The van der Waals surface area contributed by atoms with E-state index >= 15 is 0 Å². The molecule has 1 aromatic carbocycles. The molecular formula is C14H14N4O3S. The second kappa shape index (κ2) is 6.02. The summed E-state index contributed by atoms with van der Waals surface area (Å²) < 4.78 is 5.30. The molecule has 2 aromatic rings. The molecule has 0 radical (unpaired) electrons. The van der Waals surface area contributed by atoms with Crippen LogP contribution in [0.25, 0.3) is 11.3 Å². The van der Waals surface area contributed by atoms with Crippen molar-refractivity contribution in [1.82, 2.24) is 15.6 Å². The molecule has 22 heavy (non-hydrogen) atoms. The standard InChI is InChI=1S/C14H14N4O3S/c1-21-11-5-3-2-4-8(11)10-7-22-14(17-10)18-12(19)9-6-15-13(20)16-9/h2-5,7,9H,6H2,1H3,(H2,15,16,20)(H,17,18,19)/t9-/m0/s1. The molecule has 3 N–H and O–H groups in total. The Bertz CT molecular complexity index is 716. The van der Waals surface area contributed by atoms with E-state index in [1.807, 2.05) is 29.6 Å². The number of amides is 3. The molecule has 1 aromatic heterocycles. The van der Waals surface area contributed by atoms with Crippen molar-refractivity contribution in [3.63, 3.8) is 0 Å². The third kappa shape index (κ3) is 2.86. The van der Waals surface area contributed by atoms with E-state index in [0.29, 0.717) is 5.13 Å². The molecule has 1 aliphatic rings. The van der Waals surface area contributed by atoms with Crippen molar-refractivity contribution in [3.05, 3.63) is 29.6 Å². The van der Waals surface area contributed by atoms with Crippen LogP contribution >= 0.6 is 11.3 Å². The van der Waals surface area contributed by atoms with Gasteiger partial charge in [0.25, 0.3) is 5.91 Å². The van der Waals surface area contributed by atoms with Crippen molar-refractivity contribution in [1.29, 1.82) is 0 Å². The lowest BCUT2D eigenvalue weighted by Crippen LogP contribution is -2.38. The summed E-state index contributed by atoms with van der Waals surface area (Å²) in [5.41, 5.74) is 1.59. The molecule has 0 unspecified atom stereocenters. The van der Waals surface area contributed by atoms with E-state index in [-0.39, 0.29) is 18.5 Å². The summed E-state index contributed by atoms with van der Waals surface area (Å²) in [6.07, 6.45) is 0. The van der Waals surface area contributed by atoms with Crippen LogP contribution < -0.4 is 20.7 Å². The number of hydrogen-bond acceptors (Lipinski definition) is 5. The minimum atomic E-state index is -0.578.